The van der Waals surface area contributed by atoms with Crippen molar-refractivity contribution in [1.29, 1.82) is 0 Å². The van der Waals surface area contributed by atoms with Crippen LogP contribution in [0, 0.1) is 13.8 Å². The number of anilines is 1. The summed E-state index contributed by atoms with van der Waals surface area (Å²) in [4.78, 5) is 9.06. The third-order valence-electron chi connectivity index (χ3n) is 6.03. The van der Waals surface area contributed by atoms with Crippen molar-refractivity contribution in [3.05, 3.63) is 88.5 Å². The number of carboxylic acids is 1. The topological polar surface area (TPSA) is 92.7 Å². The van der Waals surface area contributed by atoms with E-state index in [9.17, 15) is 21.6 Å². The average molecular weight is 506 g/mol. The number of hydrogen-bond acceptors (Lipinski definition) is 5. The van der Waals surface area contributed by atoms with Gasteiger partial charge in [0, 0.05) is 12.0 Å². The summed E-state index contributed by atoms with van der Waals surface area (Å²) in [6, 6.07) is 19.5. The summed E-state index contributed by atoms with van der Waals surface area (Å²) in [7, 11) is -3.90. The lowest BCUT2D eigenvalue weighted by molar-refractivity contribution is -0.192. The molecule has 0 radical (unpaired) electrons. The summed E-state index contributed by atoms with van der Waals surface area (Å²) in [6.07, 6.45) is -4.15. The maximum Gasteiger partial charge on any atom is 0.490 e. The Morgan fingerprint density at radius 2 is 1.63 bits per heavy atom. The zero-order valence-electron chi connectivity index (χ0n) is 18.8. The van der Waals surface area contributed by atoms with Crippen molar-refractivity contribution in [1.82, 2.24) is 0 Å². The van der Waals surface area contributed by atoms with Crippen molar-refractivity contribution in [2.75, 3.05) is 5.32 Å². The Kier molecular flexibility index (Phi) is 6.27. The molecule has 0 saturated carbocycles. The molecule has 0 spiro atoms. The van der Waals surface area contributed by atoms with E-state index in [-0.39, 0.29) is 16.9 Å². The van der Waals surface area contributed by atoms with Gasteiger partial charge in [-0.25, -0.2) is 4.79 Å². The van der Waals surface area contributed by atoms with Gasteiger partial charge in [-0.2, -0.15) is 21.6 Å². The number of carboxylic acid groups (broad SMARTS) is 1. The van der Waals surface area contributed by atoms with Crippen LogP contribution in [0.2, 0.25) is 0 Å². The van der Waals surface area contributed by atoms with Crippen LogP contribution in [-0.4, -0.2) is 31.7 Å². The lowest BCUT2D eigenvalue weighted by Gasteiger charge is -2.15. The first kappa shape index (κ1) is 24.6. The minimum Gasteiger partial charge on any atom is -0.475 e. The first-order valence-corrected chi connectivity index (χ1v) is 12.1. The minimum absolute atomic E-state index is 0.165. The van der Waals surface area contributed by atoms with Crippen LogP contribution in [-0.2, 0) is 21.3 Å². The summed E-state index contributed by atoms with van der Waals surface area (Å²) in [5.74, 6) is -2.12. The van der Waals surface area contributed by atoms with E-state index in [1.807, 2.05) is 19.9 Å². The molecule has 0 amide bonds. The van der Waals surface area contributed by atoms with E-state index < -0.39 is 22.3 Å². The third-order valence-corrected chi connectivity index (χ3v) is 7.26. The predicted molar refractivity (Wildman–Crippen MR) is 123 cm³/mol. The fraction of sp³-hybridized carbons (Fsp3) is 0.240. The highest BCUT2D eigenvalue weighted by molar-refractivity contribution is 7.87. The SMILES string of the molecule is Cc1ccc(S(=O)(=O)Oc2c(C)ccc3c2NC2Cc4ccccc4C32)cc1.O=C(O)C(F)(F)F. The largest absolute Gasteiger partial charge is 0.490 e. The molecule has 2 atom stereocenters. The Labute approximate surface area is 200 Å². The second-order valence-corrected chi connectivity index (χ2v) is 10.0. The molecule has 6 nitrogen and oxygen atoms in total. The number of aliphatic carboxylic acids is 1. The van der Waals surface area contributed by atoms with Crippen molar-refractivity contribution in [2.24, 2.45) is 0 Å². The Morgan fingerprint density at radius 3 is 2.26 bits per heavy atom. The molecule has 35 heavy (non-hydrogen) atoms. The van der Waals surface area contributed by atoms with Gasteiger partial charge in [-0.15, -0.1) is 0 Å². The van der Waals surface area contributed by atoms with Gasteiger partial charge in [0.25, 0.3) is 0 Å². The second kappa shape index (κ2) is 8.92. The van der Waals surface area contributed by atoms with E-state index in [2.05, 4.69) is 35.6 Å². The summed E-state index contributed by atoms with van der Waals surface area (Å²) >= 11 is 0. The number of alkyl halides is 3. The second-order valence-electron chi connectivity index (χ2n) is 8.46. The number of rotatable bonds is 3. The Bertz CT molecular complexity index is 1390. The zero-order valence-corrected chi connectivity index (χ0v) is 19.6. The lowest BCUT2D eigenvalue weighted by atomic mass is 9.92. The van der Waals surface area contributed by atoms with Crippen molar-refractivity contribution in [3.8, 4) is 5.75 Å². The van der Waals surface area contributed by atoms with Gasteiger partial charge in [0.2, 0.25) is 0 Å². The smallest absolute Gasteiger partial charge is 0.475 e. The van der Waals surface area contributed by atoms with Crippen molar-refractivity contribution < 1.29 is 35.7 Å². The molecule has 0 saturated heterocycles. The molecule has 10 heteroatoms. The van der Waals surface area contributed by atoms with Gasteiger partial charge in [-0.1, -0.05) is 54.1 Å². The van der Waals surface area contributed by atoms with E-state index in [0.717, 1.165) is 28.8 Å². The van der Waals surface area contributed by atoms with Crippen LogP contribution in [0.5, 0.6) is 5.75 Å². The zero-order chi connectivity index (χ0) is 25.5. The third kappa shape index (κ3) is 4.84. The number of carbonyl (C=O) groups is 1. The molecule has 0 aromatic heterocycles. The van der Waals surface area contributed by atoms with Gasteiger partial charge in [0.05, 0.1) is 5.69 Å². The van der Waals surface area contributed by atoms with Gasteiger partial charge in [-0.05, 0) is 54.7 Å². The number of benzene rings is 3. The van der Waals surface area contributed by atoms with Crippen LogP contribution in [0.25, 0.3) is 0 Å². The number of hydrogen-bond donors (Lipinski definition) is 2. The molecule has 184 valence electrons. The molecule has 0 fully saturated rings. The van der Waals surface area contributed by atoms with Gasteiger partial charge < -0.3 is 14.6 Å². The maximum absolute atomic E-state index is 12.9. The van der Waals surface area contributed by atoms with Crippen molar-refractivity contribution in [2.45, 2.75) is 43.3 Å². The number of fused-ring (bicyclic) bond motifs is 5. The molecule has 3 aromatic rings. The quantitative estimate of drug-likeness (QED) is 0.476. The minimum atomic E-state index is -5.08. The first-order valence-electron chi connectivity index (χ1n) is 10.7. The Morgan fingerprint density at radius 1 is 1.00 bits per heavy atom. The van der Waals surface area contributed by atoms with E-state index in [0.29, 0.717) is 5.75 Å². The predicted octanol–water partition coefficient (Wildman–Crippen LogP) is 5.19. The van der Waals surface area contributed by atoms with Crippen molar-refractivity contribution >= 4 is 21.8 Å². The molecular weight excluding hydrogens is 483 g/mol. The summed E-state index contributed by atoms with van der Waals surface area (Å²) < 4.78 is 63.1. The normalized spacial score (nSPS) is 17.9. The molecular formula is C25H22F3NO5S. The number of aryl methyl sites for hydroxylation is 2. The molecule has 0 bridgehead atoms. The Balaban J connectivity index is 0.000000364. The fourth-order valence-electron chi connectivity index (χ4n) is 4.38. The van der Waals surface area contributed by atoms with Gasteiger partial charge >= 0.3 is 22.3 Å². The van der Waals surface area contributed by atoms with Gasteiger partial charge in [0.15, 0.2) is 5.75 Å². The number of nitrogens with one attached hydrogen (secondary N) is 1. The van der Waals surface area contributed by atoms with Gasteiger partial charge in [0.1, 0.15) is 4.90 Å². The number of halogens is 3. The van der Waals surface area contributed by atoms with Gasteiger partial charge in [-0.3, -0.25) is 0 Å². The van der Waals surface area contributed by atoms with Crippen LogP contribution in [0.15, 0.2) is 65.6 Å². The average Bonchev–Trinajstić information content (AvgIpc) is 3.32. The first-order chi connectivity index (χ1) is 16.4. The highest BCUT2D eigenvalue weighted by Gasteiger charge is 2.41. The highest BCUT2D eigenvalue weighted by atomic mass is 32.2. The molecule has 1 aliphatic heterocycles. The van der Waals surface area contributed by atoms with Crippen LogP contribution in [0.4, 0.5) is 18.9 Å². The van der Waals surface area contributed by atoms with E-state index >= 15 is 0 Å². The fourth-order valence-corrected chi connectivity index (χ4v) is 5.38. The van der Waals surface area contributed by atoms with E-state index in [4.69, 9.17) is 14.1 Å². The van der Waals surface area contributed by atoms with E-state index in [1.165, 1.54) is 11.1 Å². The van der Waals surface area contributed by atoms with Crippen LogP contribution < -0.4 is 9.50 Å². The summed E-state index contributed by atoms with van der Waals surface area (Å²) in [5.41, 5.74) is 6.38. The van der Waals surface area contributed by atoms with Crippen molar-refractivity contribution in [3.63, 3.8) is 0 Å². The molecule has 3 aromatic carbocycles. The van der Waals surface area contributed by atoms with E-state index in [1.54, 1.807) is 24.3 Å². The standard InChI is InChI=1S/C23H21NO3S.C2HF3O2/c1-14-7-10-17(11-8-14)28(25,26)27-23-15(2)9-12-19-21-18-6-4-3-5-16(18)13-20(21)24-22(19)23;3-2(4,5)1(6)7/h3-12,20-21,24H,13H2,1-2H3;(H,6,7). The van der Waals surface area contributed by atoms with Crippen LogP contribution in [0.3, 0.4) is 0 Å². The summed E-state index contributed by atoms with van der Waals surface area (Å²) in [5, 5.41) is 10.7. The molecule has 2 N–H and O–H groups in total. The summed E-state index contributed by atoms with van der Waals surface area (Å²) in [6.45, 7) is 3.80. The lowest BCUT2D eigenvalue weighted by Crippen LogP contribution is -2.21. The molecule has 1 heterocycles. The van der Waals surface area contributed by atoms with Crippen LogP contribution >= 0.6 is 0 Å². The molecule has 2 aliphatic rings. The maximum atomic E-state index is 12.9. The molecule has 1 aliphatic carbocycles. The monoisotopic (exact) mass is 505 g/mol. The van der Waals surface area contributed by atoms with Crippen LogP contribution in [0.1, 0.15) is 33.7 Å². The molecule has 2 unspecified atom stereocenters. The Hall–Kier alpha value is -3.53. The highest BCUT2D eigenvalue weighted by Crippen LogP contribution is 2.51. The molecule has 5 rings (SSSR count).